The van der Waals surface area contributed by atoms with Crippen LogP contribution in [0.3, 0.4) is 0 Å². The fourth-order valence-electron chi connectivity index (χ4n) is 2.54. The molecule has 4 heteroatoms. The van der Waals surface area contributed by atoms with E-state index in [1.165, 1.54) is 32.5 Å². The summed E-state index contributed by atoms with van der Waals surface area (Å²) in [6.45, 7) is 5.05. The average molecular weight is 216 g/mol. The summed E-state index contributed by atoms with van der Waals surface area (Å²) in [7, 11) is 0. The Labute approximate surface area is 90.6 Å². The van der Waals surface area contributed by atoms with Gasteiger partial charge in [0.2, 0.25) is 0 Å². The summed E-state index contributed by atoms with van der Waals surface area (Å²) in [5.41, 5.74) is 0. The van der Waals surface area contributed by atoms with E-state index in [4.69, 9.17) is 5.11 Å². The molecular formula is C10H20N2OS. The van der Waals surface area contributed by atoms with Crippen molar-refractivity contribution in [3.63, 3.8) is 0 Å². The second-order valence-corrected chi connectivity index (χ2v) is 5.23. The maximum atomic E-state index is 9.14. The molecule has 2 fully saturated rings. The lowest BCUT2D eigenvalue weighted by atomic mass is 9.92. The van der Waals surface area contributed by atoms with Crippen LogP contribution in [0.1, 0.15) is 12.8 Å². The molecule has 0 aliphatic carbocycles. The number of piperazine rings is 1. The largest absolute Gasteiger partial charge is 0.396 e. The highest BCUT2D eigenvalue weighted by Gasteiger charge is 2.32. The lowest BCUT2D eigenvalue weighted by Crippen LogP contribution is -2.55. The molecule has 0 saturated carbocycles. The quantitative estimate of drug-likeness (QED) is 0.686. The summed E-state index contributed by atoms with van der Waals surface area (Å²) in [6, 6.07) is 0.749. The molecule has 0 amide bonds. The van der Waals surface area contributed by atoms with Gasteiger partial charge < -0.3 is 5.11 Å². The third-order valence-corrected chi connectivity index (χ3v) is 4.33. The third kappa shape index (κ3) is 2.24. The molecule has 2 aliphatic rings. The van der Waals surface area contributed by atoms with Gasteiger partial charge in [-0.15, -0.1) is 0 Å². The van der Waals surface area contributed by atoms with Crippen molar-refractivity contribution in [3.8, 4) is 0 Å². The van der Waals surface area contributed by atoms with Crippen LogP contribution in [-0.2, 0) is 0 Å². The molecule has 0 aromatic heterocycles. The molecule has 2 atom stereocenters. The van der Waals surface area contributed by atoms with E-state index in [-0.39, 0.29) is 0 Å². The summed E-state index contributed by atoms with van der Waals surface area (Å²) >= 11 is 1.87. The first-order chi connectivity index (χ1) is 6.83. The van der Waals surface area contributed by atoms with Gasteiger partial charge in [-0.3, -0.25) is 4.90 Å². The van der Waals surface area contributed by atoms with Crippen LogP contribution in [0.5, 0.6) is 0 Å². The molecule has 82 valence electrons. The highest BCUT2D eigenvalue weighted by molar-refractivity contribution is 7.96. The maximum Gasteiger partial charge on any atom is 0.0471 e. The van der Waals surface area contributed by atoms with Gasteiger partial charge >= 0.3 is 0 Å². The predicted octanol–water partition coefficient (Wildman–Crippen LogP) is 0.653. The van der Waals surface area contributed by atoms with Crippen LogP contribution in [0.4, 0.5) is 0 Å². The molecular weight excluding hydrogens is 196 g/mol. The summed E-state index contributed by atoms with van der Waals surface area (Å²) < 4.78 is 2.46. The highest BCUT2D eigenvalue weighted by atomic mass is 32.2. The number of hydrogen-bond donors (Lipinski definition) is 1. The number of aliphatic hydroxyl groups is 1. The SMILES string of the molecule is CSN1CCN2CC(CO)CCC2C1. The standard InChI is InChI=1S/C10H20N2OS/c1-14-12-5-4-11-6-9(8-13)2-3-10(11)7-12/h9-10,13H,2-8H2,1H3. The van der Waals surface area contributed by atoms with E-state index < -0.39 is 0 Å². The highest BCUT2D eigenvalue weighted by Crippen LogP contribution is 2.26. The minimum absolute atomic E-state index is 0.370. The van der Waals surface area contributed by atoms with Crippen molar-refractivity contribution in [1.29, 1.82) is 0 Å². The lowest BCUT2D eigenvalue weighted by molar-refractivity contribution is 0.0411. The number of piperidine rings is 1. The molecule has 3 nitrogen and oxygen atoms in total. The first-order valence-electron chi connectivity index (χ1n) is 5.47. The molecule has 0 aromatic carbocycles. The van der Waals surface area contributed by atoms with E-state index in [9.17, 15) is 0 Å². The number of aliphatic hydroxyl groups excluding tert-OH is 1. The fourth-order valence-corrected chi connectivity index (χ4v) is 3.13. The Bertz CT molecular complexity index is 171. The molecule has 2 saturated heterocycles. The fraction of sp³-hybridized carbons (Fsp3) is 1.00. The van der Waals surface area contributed by atoms with E-state index in [2.05, 4.69) is 15.5 Å². The van der Waals surface area contributed by atoms with E-state index in [1.807, 2.05) is 11.9 Å². The van der Waals surface area contributed by atoms with Gasteiger partial charge in [0.05, 0.1) is 0 Å². The van der Waals surface area contributed by atoms with Crippen molar-refractivity contribution in [3.05, 3.63) is 0 Å². The monoisotopic (exact) mass is 216 g/mol. The van der Waals surface area contributed by atoms with E-state index >= 15 is 0 Å². The molecule has 2 heterocycles. The predicted molar refractivity (Wildman–Crippen MR) is 60.3 cm³/mol. The van der Waals surface area contributed by atoms with Crippen molar-refractivity contribution in [2.75, 3.05) is 39.0 Å². The minimum Gasteiger partial charge on any atom is -0.396 e. The molecule has 0 spiro atoms. The summed E-state index contributed by atoms with van der Waals surface area (Å²) in [6.07, 6.45) is 4.64. The maximum absolute atomic E-state index is 9.14. The number of fused-ring (bicyclic) bond motifs is 1. The Kier molecular flexibility index (Phi) is 3.71. The van der Waals surface area contributed by atoms with Crippen LogP contribution in [0.2, 0.25) is 0 Å². The zero-order chi connectivity index (χ0) is 9.97. The van der Waals surface area contributed by atoms with Gasteiger partial charge in [0, 0.05) is 38.8 Å². The van der Waals surface area contributed by atoms with Gasteiger partial charge in [0.25, 0.3) is 0 Å². The van der Waals surface area contributed by atoms with Gasteiger partial charge in [-0.05, 0) is 25.0 Å². The van der Waals surface area contributed by atoms with E-state index in [1.54, 1.807) is 0 Å². The van der Waals surface area contributed by atoms with Gasteiger partial charge in [-0.25, -0.2) is 4.31 Å². The van der Waals surface area contributed by atoms with Crippen LogP contribution < -0.4 is 0 Å². The Morgan fingerprint density at radius 2 is 2.14 bits per heavy atom. The second-order valence-electron chi connectivity index (χ2n) is 4.35. The molecule has 2 unspecified atom stereocenters. The van der Waals surface area contributed by atoms with Gasteiger partial charge in [0.15, 0.2) is 0 Å². The average Bonchev–Trinajstić information content (AvgIpc) is 2.27. The Balaban J connectivity index is 1.88. The summed E-state index contributed by atoms with van der Waals surface area (Å²) in [4.78, 5) is 2.57. The number of nitrogens with zero attached hydrogens (tertiary/aromatic N) is 2. The van der Waals surface area contributed by atoms with Crippen LogP contribution >= 0.6 is 11.9 Å². The van der Waals surface area contributed by atoms with Crippen LogP contribution in [-0.4, -0.2) is 59.4 Å². The van der Waals surface area contributed by atoms with Crippen molar-refractivity contribution < 1.29 is 5.11 Å². The smallest absolute Gasteiger partial charge is 0.0471 e. The van der Waals surface area contributed by atoms with Crippen molar-refractivity contribution in [1.82, 2.24) is 9.21 Å². The van der Waals surface area contributed by atoms with E-state index in [0.29, 0.717) is 12.5 Å². The van der Waals surface area contributed by atoms with E-state index in [0.717, 1.165) is 12.6 Å². The summed E-state index contributed by atoms with van der Waals surface area (Å²) in [5.74, 6) is 0.534. The first kappa shape index (κ1) is 10.7. The van der Waals surface area contributed by atoms with Crippen LogP contribution in [0.15, 0.2) is 0 Å². The molecule has 1 N–H and O–H groups in total. The Morgan fingerprint density at radius 1 is 1.29 bits per heavy atom. The molecule has 14 heavy (non-hydrogen) atoms. The Morgan fingerprint density at radius 3 is 2.86 bits per heavy atom. The Hall–Kier alpha value is 0.230. The normalized spacial score (nSPS) is 35.6. The van der Waals surface area contributed by atoms with Crippen molar-refractivity contribution >= 4 is 11.9 Å². The second kappa shape index (κ2) is 4.84. The zero-order valence-electron chi connectivity index (χ0n) is 8.85. The number of hydrogen-bond acceptors (Lipinski definition) is 4. The topological polar surface area (TPSA) is 26.7 Å². The van der Waals surface area contributed by atoms with Gasteiger partial charge in [-0.2, -0.15) is 0 Å². The lowest BCUT2D eigenvalue weighted by Gasteiger charge is -2.45. The summed E-state index contributed by atoms with van der Waals surface area (Å²) in [5, 5.41) is 9.14. The number of rotatable bonds is 2. The molecule has 0 radical (unpaired) electrons. The first-order valence-corrected chi connectivity index (χ1v) is 6.65. The van der Waals surface area contributed by atoms with Gasteiger partial charge in [0.1, 0.15) is 0 Å². The van der Waals surface area contributed by atoms with Gasteiger partial charge in [-0.1, -0.05) is 11.9 Å². The molecule has 0 bridgehead atoms. The van der Waals surface area contributed by atoms with Crippen molar-refractivity contribution in [2.45, 2.75) is 18.9 Å². The van der Waals surface area contributed by atoms with Crippen LogP contribution in [0.25, 0.3) is 0 Å². The van der Waals surface area contributed by atoms with Crippen molar-refractivity contribution in [2.24, 2.45) is 5.92 Å². The molecule has 0 aromatic rings. The minimum atomic E-state index is 0.370. The van der Waals surface area contributed by atoms with Crippen LogP contribution in [0, 0.1) is 5.92 Å². The molecule has 2 aliphatic heterocycles. The third-order valence-electron chi connectivity index (χ3n) is 3.48. The molecule has 2 rings (SSSR count). The zero-order valence-corrected chi connectivity index (χ0v) is 9.67.